The lowest BCUT2D eigenvalue weighted by atomic mass is 9.44. The number of nitrogens with zero attached hydrogens (tertiary/aromatic N) is 1. The fraction of sp³-hybridized carbons (Fsp3) is 0.688. The highest BCUT2D eigenvalue weighted by molar-refractivity contribution is 7.80. The van der Waals surface area contributed by atoms with Crippen LogP contribution in [0.1, 0.15) is 85.0 Å². The van der Waals surface area contributed by atoms with Crippen molar-refractivity contribution in [2.24, 2.45) is 51.4 Å². The number of fused-ring (bicyclic) bond motifs is 5. The Morgan fingerprint density at radius 2 is 1.85 bits per heavy atom. The highest BCUT2D eigenvalue weighted by atomic mass is 32.1. The van der Waals surface area contributed by atoms with Gasteiger partial charge in [0.05, 0.1) is 7.11 Å². The number of hydrazone groups is 1. The van der Waals surface area contributed by atoms with Crippen molar-refractivity contribution >= 4 is 40.5 Å². The van der Waals surface area contributed by atoms with Crippen LogP contribution in [0.5, 0.6) is 0 Å². The zero-order valence-electron chi connectivity index (χ0n) is 24.0. The van der Waals surface area contributed by atoms with E-state index in [0.717, 1.165) is 49.9 Å². The minimum absolute atomic E-state index is 0.114. The Hall–Kier alpha value is -2.28. The van der Waals surface area contributed by atoms with Gasteiger partial charge in [-0.1, -0.05) is 39.0 Å². The molecule has 1 aromatic rings. The van der Waals surface area contributed by atoms with E-state index >= 15 is 0 Å². The average Bonchev–Trinajstić information content (AvgIpc) is 3.28. The summed E-state index contributed by atoms with van der Waals surface area (Å²) < 4.78 is 4.89. The molecule has 0 spiro atoms. The maximum absolute atomic E-state index is 13.9. The van der Waals surface area contributed by atoms with Gasteiger partial charge in [-0.3, -0.25) is 15.0 Å². The first-order valence-corrected chi connectivity index (χ1v) is 15.3. The summed E-state index contributed by atoms with van der Waals surface area (Å²) in [6.07, 6.45) is 9.65. The summed E-state index contributed by atoms with van der Waals surface area (Å²) in [5, 5.41) is 8.35. The van der Waals surface area contributed by atoms with Crippen LogP contribution < -0.4 is 10.7 Å². The van der Waals surface area contributed by atoms with Crippen molar-refractivity contribution in [3.63, 3.8) is 0 Å². The van der Waals surface area contributed by atoms with Crippen molar-refractivity contribution in [1.29, 1.82) is 0 Å². The number of para-hydroxylation sites is 1. The number of esters is 1. The number of rotatable bonds is 6. The molecule has 6 nitrogen and oxygen atoms in total. The molecule has 39 heavy (non-hydrogen) atoms. The van der Waals surface area contributed by atoms with Crippen molar-refractivity contribution in [3.05, 3.63) is 30.3 Å². The molecule has 7 heteroatoms. The molecule has 0 heterocycles. The molecule has 5 rings (SSSR count). The first-order valence-electron chi connectivity index (χ1n) is 14.9. The maximum atomic E-state index is 13.9. The molecule has 0 aliphatic heterocycles. The van der Waals surface area contributed by atoms with Crippen molar-refractivity contribution in [3.8, 4) is 0 Å². The molecule has 0 unspecified atom stereocenters. The van der Waals surface area contributed by atoms with E-state index in [9.17, 15) is 9.59 Å². The second-order valence-corrected chi connectivity index (χ2v) is 13.7. The molecule has 212 valence electrons. The van der Waals surface area contributed by atoms with Gasteiger partial charge in [0.1, 0.15) is 5.78 Å². The van der Waals surface area contributed by atoms with Gasteiger partial charge in [0, 0.05) is 30.2 Å². The molecule has 0 bridgehead atoms. The van der Waals surface area contributed by atoms with Crippen LogP contribution in [0.3, 0.4) is 0 Å². The molecule has 1 aromatic carbocycles. The van der Waals surface area contributed by atoms with Crippen LogP contribution in [-0.4, -0.2) is 29.7 Å². The van der Waals surface area contributed by atoms with E-state index in [1.54, 1.807) is 0 Å². The first-order chi connectivity index (χ1) is 18.7. The number of methoxy groups -OCH3 is 1. The SMILES string of the molecule is COC(=O)CC[C@@H](C)[C@H]1CC[C@H]2[C@@H]3C(=O)C[C@@H]4C/C(=N\NC(=S)Nc5ccccc5)CC[C@]4(C)[C@H]3CC[C@]12C. The van der Waals surface area contributed by atoms with Crippen LogP contribution in [0.25, 0.3) is 0 Å². The molecule has 4 saturated carbocycles. The maximum Gasteiger partial charge on any atom is 0.305 e. The van der Waals surface area contributed by atoms with Crippen LogP contribution in [0.15, 0.2) is 35.4 Å². The number of anilines is 1. The van der Waals surface area contributed by atoms with Gasteiger partial charge in [-0.05, 0) is 116 Å². The smallest absolute Gasteiger partial charge is 0.305 e. The van der Waals surface area contributed by atoms with Gasteiger partial charge in [-0.15, -0.1) is 0 Å². The Bertz CT molecular complexity index is 1120. The van der Waals surface area contributed by atoms with Crippen molar-refractivity contribution in [2.45, 2.75) is 85.0 Å². The first kappa shape index (κ1) is 28.3. The molecule has 0 saturated heterocycles. The van der Waals surface area contributed by atoms with Crippen LogP contribution in [-0.2, 0) is 14.3 Å². The van der Waals surface area contributed by atoms with Crippen LogP contribution in [0, 0.1) is 46.3 Å². The zero-order valence-corrected chi connectivity index (χ0v) is 24.8. The summed E-state index contributed by atoms with van der Waals surface area (Å²) in [4.78, 5) is 25.6. The highest BCUT2D eigenvalue weighted by Crippen LogP contribution is 2.67. The van der Waals surface area contributed by atoms with Gasteiger partial charge in [0.15, 0.2) is 5.11 Å². The number of hydrogen-bond acceptors (Lipinski definition) is 5. The van der Waals surface area contributed by atoms with Gasteiger partial charge in [-0.2, -0.15) is 5.10 Å². The van der Waals surface area contributed by atoms with E-state index in [1.807, 2.05) is 30.3 Å². The monoisotopic (exact) mass is 551 g/mol. The summed E-state index contributed by atoms with van der Waals surface area (Å²) in [6.45, 7) is 7.25. The molecular formula is C32H45N3O3S. The topological polar surface area (TPSA) is 79.8 Å². The van der Waals surface area contributed by atoms with Crippen molar-refractivity contribution < 1.29 is 14.3 Å². The van der Waals surface area contributed by atoms with Gasteiger partial charge in [0.2, 0.25) is 0 Å². The van der Waals surface area contributed by atoms with Gasteiger partial charge in [-0.25, -0.2) is 0 Å². The van der Waals surface area contributed by atoms with E-state index in [4.69, 9.17) is 17.0 Å². The Kier molecular flexibility index (Phi) is 8.19. The van der Waals surface area contributed by atoms with E-state index in [1.165, 1.54) is 20.0 Å². The third-order valence-corrected chi connectivity index (χ3v) is 11.6. The largest absolute Gasteiger partial charge is 0.469 e. The number of hydrogen-bond donors (Lipinski definition) is 2. The van der Waals surface area contributed by atoms with E-state index in [2.05, 4.69) is 36.6 Å². The van der Waals surface area contributed by atoms with Crippen molar-refractivity contribution in [1.82, 2.24) is 5.43 Å². The quantitative estimate of drug-likeness (QED) is 0.231. The second kappa shape index (κ2) is 11.3. The Morgan fingerprint density at radius 1 is 1.10 bits per heavy atom. The lowest BCUT2D eigenvalue weighted by Gasteiger charge is -2.60. The number of thiocarbonyl (C=S) groups is 1. The highest BCUT2D eigenvalue weighted by Gasteiger charge is 2.62. The third kappa shape index (κ3) is 5.40. The summed E-state index contributed by atoms with van der Waals surface area (Å²) >= 11 is 5.45. The van der Waals surface area contributed by atoms with Gasteiger partial charge >= 0.3 is 5.97 Å². The van der Waals surface area contributed by atoms with Gasteiger partial charge in [0.25, 0.3) is 0 Å². The fourth-order valence-electron chi connectivity index (χ4n) is 9.27. The third-order valence-electron chi connectivity index (χ3n) is 11.4. The number of nitrogens with one attached hydrogen (secondary N) is 2. The summed E-state index contributed by atoms with van der Waals surface area (Å²) in [5.41, 5.74) is 5.49. The lowest BCUT2D eigenvalue weighted by Crippen LogP contribution is -2.57. The molecule has 4 aliphatic rings. The summed E-state index contributed by atoms with van der Waals surface area (Å²) in [6, 6.07) is 9.86. The Balaban J connectivity index is 1.24. The molecule has 0 radical (unpaired) electrons. The zero-order chi connectivity index (χ0) is 27.8. The van der Waals surface area contributed by atoms with Crippen LogP contribution in [0.4, 0.5) is 5.69 Å². The van der Waals surface area contributed by atoms with E-state index in [0.29, 0.717) is 53.3 Å². The minimum Gasteiger partial charge on any atom is -0.469 e. The van der Waals surface area contributed by atoms with Gasteiger partial charge < -0.3 is 10.1 Å². The average molecular weight is 552 g/mol. The number of Topliss-reactive ketones (excluding diaryl/α,β-unsaturated/α-hetero) is 1. The number of benzene rings is 1. The van der Waals surface area contributed by atoms with Crippen molar-refractivity contribution in [2.75, 3.05) is 12.4 Å². The Labute approximate surface area is 239 Å². The normalized spacial score (nSPS) is 37.3. The Morgan fingerprint density at radius 3 is 2.59 bits per heavy atom. The van der Waals surface area contributed by atoms with Crippen LogP contribution in [0.2, 0.25) is 0 Å². The predicted molar refractivity (Wildman–Crippen MR) is 159 cm³/mol. The lowest BCUT2D eigenvalue weighted by molar-refractivity contribution is -0.153. The van der Waals surface area contributed by atoms with E-state index in [-0.39, 0.29) is 22.7 Å². The summed E-state index contributed by atoms with van der Waals surface area (Å²) in [7, 11) is 1.47. The second-order valence-electron chi connectivity index (χ2n) is 13.2. The molecule has 2 N–H and O–H groups in total. The standard InChI is InChI=1S/C32H45N3O3S/c1-20(10-13-28(37)38-4)24-11-12-25-29-26(15-17-32(24,25)3)31(2)16-14-23(18-21(31)19-27(29)36)34-35-30(39)33-22-8-6-5-7-9-22/h5-9,20-21,24-26,29H,10-19H2,1-4H3,(H2,33,35,39)/b34-23-/t20-,21+,24-,25+,26+,29+,31+,32-/m1/s1. The molecule has 0 aromatic heterocycles. The predicted octanol–water partition coefficient (Wildman–Crippen LogP) is 6.76. The summed E-state index contributed by atoms with van der Waals surface area (Å²) in [5.74, 6) is 2.94. The molecule has 8 atom stereocenters. The van der Waals surface area contributed by atoms with Crippen LogP contribution >= 0.6 is 12.2 Å². The number of ether oxygens (including phenoxy) is 1. The molecule has 0 amide bonds. The molecular weight excluding hydrogens is 506 g/mol. The fourth-order valence-corrected chi connectivity index (χ4v) is 9.44. The molecule has 4 fully saturated rings. The minimum atomic E-state index is -0.114. The molecule has 4 aliphatic carbocycles. The number of ketones is 1. The van der Waals surface area contributed by atoms with E-state index < -0.39 is 0 Å². The number of carbonyl (C=O) groups is 2. The number of carbonyl (C=O) groups excluding carboxylic acids is 2.